The Morgan fingerprint density at radius 2 is 1.70 bits per heavy atom. The molecule has 0 aliphatic heterocycles. The van der Waals surface area contributed by atoms with Gasteiger partial charge in [0.1, 0.15) is 0 Å². The summed E-state index contributed by atoms with van der Waals surface area (Å²) in [5.41, 5.74) is 1.73. The van der Waals surface area contributed by atoms with E-state index >= 15 is 0 Å². The molecule has 0 spiro atoms. The van der Waals surface area contributed by atoms with E-state index in [1.807, 2.05) is 13.8 Å². The number of benzene rings is 2. The van der Waals surface area contributed by atoms with Gasteiger partial charge in [0.25, 0.3) is 0 Å². The number of hydrogen-bond acceptors (Lipinski definition) is 3. The summed E-state index contributed by atoms with van der Waals surface area (Å²) in [4.78, 5) is 12.4. The summed E-state index contributed by atoms with van der Waals surface area (Å²) < 4.78 is 27.4. The number of halogens is 1. The Morgan fingerprint density at radius 1 is 1.07 bits per heavy atom. The molecule has 2 aromatic rings. The molecule has 0 fully saturated rings. The first-order chi connectivity index (χ1) is 12.8. The fourth-order valence-corrected chi connectivity index (χ4v) is 4.01. The number of sulfonamides is 1. The Labute approximate surface area is 166 Å². The summed E-state index contributed by atoms with van der Waals surface area (Å²) in [6, 6.07) is 13.5. The zero-order valence-corrected chi connectivity index (χ0v) is 17.2. The number of rotatable bonds is 9. The predicted molar refractivity (Wildman–Crippen MR) is 108 cm³/mol. The van der Waals surface area contributed by atoms with Crippen molar-refractivity contribution in [3.63, 3.8) is 0 Å². The lowest BCUT2D eigenvalue weighted by atomic mass is 10.2. The second kappa shape index (κ2) is 9.88. The molecule has 2 rings (SSSR count). The number of carbonyl (C=O) groups is 1. The minimum absolute atomic E-state index is 0.0918. The van der Waals surface area contributed by atoms with Crippen LogP contribution in [0, 0.1) is 6.92 Å². The molecule has 0 heterocycles. The molecule has 1 N–H and O–H groups in total. The molecule has 0 saturated carbocycles. The molecular formula is C20H25ClN2O3S. The van der Waals surface area contributed by atoms with Gasteiger partial charge in [-0.15, -0.1) is 0 Å². The molecule has 5 nitrogen and oxygen atoms in total. The number of amides is 1. The van der Waals surface area contributed by atoms with Gasteiger partial charge in [0.2, 0.25) is 15.9 Å². The van der Waals surface area contributed by atoms with Crippen molar-refractivity contribution in [2.24, 2.45) is 0 Å². The normalized spacial score (nSPS) is 11.6. The first-order valence-electron chi connectivity index (χ1n) is 8.91. The molecule has 0 bridgehead atoms. The molecule has 0 unspecified atom stereocenters. The summed E-state index contributed by atoms with van der Waals surface area (Å²) >= 11 is 5.91. The first-order valence-corrected chi connectivity index (χ1v) is 10.7. The average molecular weight is 409 g/mol. The highest BCUT2D eigenvalue weighted by molar-refractivity contribution is 7.89. The van der Waals surface area contributed by atoms with Crippen LogP contribution in [-0.4, -0.2) is 31.7 Å². The molecule has 0 aromatic heterocycles. The Morgan fingerprint density at radius 3 is 2.30 bits per heavy atom. The highest BCUT2D eigenvalue weighted by Crippen LogP contribution is 2.20. The Kier molecular flexibility index (Phi) is 7.83. The molecule has 146 valence electrons. The fourth-order valence-electron chi connectivity index (χ4n) is 2.50. The van der Waals surface area contributed by atoms with Crippen molar-refractivity contribution in [3.8, 4) is 0 Å². The van der Waals surface area contributed by atoms with Crippen LogP contribution in [0.1, 0.15) is 30.9 Å². The number of nitrogens with zero attached hydrogens (tertiary/aromatic N) is 1. The Balaban J connectivity index is 2.25. The molecule has 7 heteroatoms. The van der Waals surface area contributed by atoms with E-state index in [9.17, 15) is 13.2 Å². The summed E-state index contributed by atoms with van der Waals surface area (Å²) in [5.74, 6) is -0.312. The summed E-state index contributed by atoms with van der Waals surface area (Å²) in [5, 5.41) is 3.35. The summed E-state index contributed by atoms with van der Waals surface area (Å²) in [6.07, 6.45) is 1.81. The van der Waals surface area contributed by atoms with Crippen LogP contribution in [0.15, 0.2) is 53.4 Å². The number of aryl methyl sites for hydroxylation is 1. The molecule has 0 aliphatic carbocycles. The van der Waals surface area contributed by atoms with E-state index in [2.05, 4.69) is 5.32 Å². The Hall–Kier alpha value is -1.89. The third-order valence-corrected chi connectivity index (χ3v) is 6.16. The number of unbranched alkanes of at least 4 members (excludes halogenated alkanes) is 1. The van der Waals surface area contributed by atoms with Crippen LogP contribution in [-0.2, 0) is 21.4 Å². The molecule has 0 atom stereocenters. The third-order valence-electron chi connectivity index (χ3n) is 4.10. The molecular weight excluding hydrogens is 384 g/mol. The highest BCUT2D eigenvalue weighted by atomic mass is 35.5. The molecule has 1 amide bonds. The van der Waals surface area contributed by atoms with Crippen molar-refractivity contribution in [1.82, 2.24) is 9.62 Å². The molecule has 2 aromatic carbocycles. The van der Waals surface area contributed by atoms with Crippen LogP contribution in [0.3, 0.4) is 0 Å². The van der Waals surface area contributed by atoms with Crippen LogP contribution in [0.2, 0.25) is 5.02 Å². The van der Waals surface area contributed by atoms with E-state index in [4.69, 9.17) is 11.6 Å². The van der Waals surface area contributed by atoms with Gasteiger partial charge in [0, 0.05) is 18.1 Å². The maximum atomic E-state index is 13.1. The SMILES string of the molecule is CCCCNC(=O)CN(Cc1ccc(Cl)cc1)S(=O)(=O)c1ccc(C)cc1. The number of hydrogen-bond donors (Lipinski definition) is 1. The van der Waals surface area contributed by atoms with Gasteiger partial charge in [0.05, 0.1) is 11.4 Å². The predicted octanol–water partition coefficient (Wildman–Crippen LogP) is 3.76. The van der Waals surface area contributed by atoms with Gasteiger partial charge in [0.15, 0.2) is 0 Å². The van der Waals surface area contributed by atoms with Crippen molar-refractivity contribution in [2.75, 3.05) is 13.1 Å². The van der Waals surface area contributed by atoms with Gasteiger partial charge in [-0.1, -0.05) is 54.8 Å². The van der Waals surface area contributed by atoms with Crippen molar-refractivity contribution < 1.29 is 13.2 Å². The van der Waals surface area contributed by atoms with Crippen molar-refractivity contribution in [1.29, 1.82) is 0 Å². The number of carbonyl (C=O) groups excluding carboxylic acids is 1. The second-order valence-electron chi connectivity index (χ2n) is 6.42. The molecule has 27 heavy (non-hydrogen) atoms. The minimum Gasteiger partial charge on any atom is -0.355 e. The molecule has 0 saturated heterocycles. The van der Waals surface area contributed by atoms with Gasteiger partial charge >= 0.3 is 0 Å². The van der Waals surface area contributed by atoms with Gasteiger partial charge < -0.3 is 5.32 Å². The lowest BCUT2D eigenvalue weighted by Crippen LogP contribution is -2.40. The van der Waals surface area contributed by atoms with Crippen LogP contribution < -0.4 is 5.32 Å². The smallest absolute Gasteiger partial charge is 0.243 e. The van der Waals surface area contributed by atoms with E-state index in [-0.39, 0.29) is 23.9 Å². The van der Waals surface area contributed by atoms with E-state index in [1.54, 1.807) is 48.5 Å². The van der Waals surface area contributed by atoms with E-state index in [1.165, 1.54) is 4.31 Å². The van der Waals surface area contributed by atoms with Gasteiger partial charge in [-0.25, -0.2) is 8.42 Å². The van der Waals surface area contributed by atoms with E-state index < -0.39 is 10.0 Å². The second-order valence-corrected chi connectivity index (χ2v) is 8.79. The maximum Gasteiger partial charge on any atom is 0.243 e. The lowest BCUT2D eigenvalue weighted by molar-refractivity contribution is -0.121. The molecule has 0 aliphatic rings. The zero-order chi connectivity index (χ0) is 19.9. The van der Waals surface area contributed by atoms with Crippen molar-refractivity contribution >= 4 is 27.5 Å². The maximum absolute atomic E-state index is 13.1. The van der Waals surface area contributed by atoms with Gasteiger partial charge in [-0.05, 0) is 43.2 Å². The first kappa shape index (κ1) is 21.4. The van der Waals surface area contributed by atoms with E-state index in [0.717, 1.165) is 24.0 Å². The zero-order valence-electron chi connectivity index (χ0n) is 15.6. The minimum atomic E-state index is -3.81. The van der Waals surface area contributed by atoms with Crippen LogP contribution in [0.5, 0.6) is 0 Å². The standard InChI is InChI=1S/C20H25ClN2O3S/c1-3-4-13-22-20(24)15-23(14-17-7-9-18(21)10-8-17)27(25,26)19-11-5-16(2)6-12-19/h5-12H,3-4,13-15H2,1-2H3,(H,22,24). The van der Waals surface area contributed by atoms with Crippen molar-refractivity contribution in [3.05, 3.63) is 64.7 Å². The summed E-state index contributed by atoms with van der Waals surface area (Å²) in [7, 11) is -3.81. The highest BCUT2D eigenvalue weighted by Gasteiger charge is 2.26. The van der Waals surface area contributed by atoms with Crippen LogP contribution in [0.4, 0.5) is 0 Å². The number of nitrogens with one attached hydrogen (secondary N) is 1. The van der Waals surface area contributed by atoms with Crippen LogP contribution >= 0.6 is 11.6 Å². The third kappa shape index (κ3) is 6.34. The van der Waals surface area contributed by atoms with E-state index in [0.29, 0.717) is 11.6 Å². The van der Waals surface area contributed by atoms with Gasteiger partial charge in [-0.3, -0.25) is 4.79 Å². The molecule has 0 radical (unpaired) electrons. The monoisotopic (exact) mass is 408 g/mol. The Bertz CT molecular complexity index is 850. The van der Waals surface area contributed by atoms with Crippen molar-refractivity contribution in [2.45, 2.75) is 38.1 Å². The average Bonchev–Trinajstić information content (AvgIpc) is 2.63. The fraction of sp³-hybridized carbons (Fsp3) is 0.350. The quantitative estimate of drug-likeness (QED) is 0.642. The van der Waals surface area contributed by atoms with Gasteiger partial charge in [-0.2, -0.15) is 4.31 Å². The van der Waals surface area contributed by atoms with Crippen LogP contribution in [0.25, 0.3) is 0 Å². The topological polar surface area (TPSA) is 66.5 Å². The largest absolute Gasteiger partial charge is 0.355 e. The lowest BCUT2D eigenvalue weighted by Gasteiger charge is -2.22. The summed E-state index contributed by atoms with van der Waals surface area (Å²) in [6.45, 7) is 4.32.